The smallest absolute Gasteiger partial charge is 0.252 e. The summed E-state index contributed by atoms with van der Waals surface area (Å²) in [7, 11) is -1.22. The third kappa shape index (κ3) is 6.01. The first kappa shape index (κ1) is 22.7. The first-order valence-electron chi connectivity index (χ1n) is 10.6. The van der Waals surface area contributed by atoms with Gasteiger partial charge in [-0.25, -0.2) is 8.42 Å². The number of piperazine rings is 1. The summed E-state index contributed by atoms with van der Waals surface area (Å²) in [6.07, 6.45) is 2.45. The van der Waals surface area contributed by atoms with Gasteiger partial charge < -0.3 is 15.1 Å². The topological polar surface area (TPSA) is 73.0 Å². The minimum absolute atomic E-state index is 0.0785. The molecule has 0 radical (unpaired) electrons. The minimum Gasteiger partial charge on any atom is -0.356 e. The van der Waals surface area contributed by atoms with Crippen molar-refractivity contribution in [3.05, 3.63) is 17.5 Å². The van der Waals surface area contributed by atoms with Gasteiger partial charge in [0.2, 0.25) is 5.91 Å². The highest BCUT2D eigenvalue weighted by atomic mass is 32.2. The molecule has 2 aliphatic rings. The number of piperidine rings is 1. The summed E-state index contributed by atoms with van der Waals surface area (Å²) < 4.78 is 27.2. The molecule has 164 valence electrons. The van der Waals surface area contributed by atoms with E-state index in [1.54, 1.807) is 21.8 Å². The van der Waals surface area contributed by atoms with Gasteiger partial charge in [-0.05, 0) is 50.2 Å². The van der Waals surface area contributed by atoms with E-state index < -0.39 is 10.0 Å². The van der Waals surface area contributed by atoms with Crippen LogP contribution in [0.15, 0.2) is 21.7 Å². The monoisotopic (exact) mass is 442 g/mol. The van der Waals surface area contributed by atoms with Crippen LogP contribution in [0.2, 0.25) is 0 Å². The van der Waals surface area contributed by atoms with Crippen LogP contribution >= 0.6 is 11.3 Å². The summed E-state index contributed by atoms with van der Waals surface area (Å²) in [5.41, 5.74) is 0. The number of sulfonamides is 1. The predicted octanol–water partition coefficient (Wildman–Crippen LogP) is 1.54. The standard InChI is InChI=1S/C20H34N4O3S2/c1-17(20(25)21-8-4-9-23-14-12-22(2)13-15-23)18-6-10-24(11-7-18)29(26,27)19-5-3-16-28-19/h3,5,16-18H,4,6-15H2,1-2H3,(H,21,25). The van der Waals surface area contributed by atoms with Crippen molar-refractivity contribution in [3.63, 3.8) is 0 Å². The van der Waals surface area contributed by atoms with Crippen molar-refractivity contribution in [3.8, 4) is 0 Å². The number of hydrogen-bond acceptors (Lipinski definition) is 6. The molecule has 1 unspecified atom stereocenters. The van der Waals surface area contributed by atoms with Crippen molar-refractivity contribution in [2.45, 2.75) is 30.4 Å². The molecule has 1 amide bonds. The van der Waals surface area contributed by atoms with E-state index in [0.717, 1.165) is 52.0 Å². The molecule has 2 aliphatic heterocycles. The van der Waals surface area contributed by atoms with Gasteiger partial charge in [-0.1, -0.05) is 13.0 Å². The van der Waals surface area contributed by atoms with Crippen LogP contribution in [0.1, 0.15) is 26.2 Å². The number of amides is 1. The number of carbonyl (C=O) groups excluding carboxylic acids is 1. The average Bonchev–Trinajstić information content (AvgIpc) is 3.28. The molecule has 0 saturated carbocycles. The molecule has 7 nitrogen and oxygen atoms in total. The van der Waals surface area contributed by atoms with Crippen LogP contribution in [0.4, 0.5) is 0 Å². The van der Waals surface area contributed by atoms with Crippen LogP contribution in [0.25, 0.3) is 0 Å². The molecule has 1 atom stereocenters. The fourth-order valence-electron chi connectivity index (χ4n) is 4.11. The first-order chi connectivity index (χ1) is 13.9. The summed E-state index contributed by atoms with van der Waals surface area (Å²) in [4.78, 5) is 17.3. The second kappa shape index (κ2) is 10.3. The van der Waals surface area contributed by atoms with E-state index in [1.807, 2.05) is 6.92 Å². The third-order valence-electron chi connectivity index (χ3n) is 6.25. The molecule has 2 saturated heterocycles. The zero-order valence-corrected chi connectivity index (χ0v) is 19.2. The van der Waals surface area contributed by atoms with Crippen molar-refractivity contribution >= 4 is 27.3 Å². The molecular formula is C20H34N4O3S2. The Kier molecular flexibility index (Phi) is 8.09. The van der Waals surface area contributed by atoms with E-state index >= 15 is 0 Å². The molecule has 3 heterocycles. The molecule has 2 fully saturated rings. The summed E-state index contributed by atoms with van der Waals surface area (Å²) in [6, 6.07) is 3.42. The molecule has 1 N–H and O–H groups in total. The van der Waals surface area contributed by atoms with Gasteiger partial charge in [0.05, 0.1) is 0 Å². The summed E-state index contributed by atoms with van der Waals surface area (Å²) in [5.74, 6) is 0.260. The van der Waals surface area contributed by atoms with Gasteiger partial charge in [-0.3, -0.25) is 4.79 Å². The Hall–Kier alpha value is -1.00. The Bertz CT molecular complexity index is 738. The number of nitrogens with zero attached hydrogens (tertiary/aromatic N) is 3. The number of nitrogens with one attached hydrogen (secondary N) is 1. The largest absolute Gasteiger partial charge is 0.356 e. The predicted molar refractivity (Wildman–Crippen MR) is 117 cm³/mol. The average molecular weight is 443 g/mol. The lowest BCUT2D eigenvalue weighted by molar-refractivity contribution is -0.126. The molecule has 9 heteroatoms. The van der Waals surface area contributed by atoms with Crippen LogP contribution in [-0.2, 0) is 14.8 Å². The van der Waals surface area contributed by atoms with E-state index in [2.05, 4.69) is 22.2 Å². The van der Waals surface area contributed by atoms with E-state index in [4.69, 9.17) is 0 Å². The number of thiophene rings is 1. The van der Waals surface area contributed by atoms with Crippen LogP contribution in [0.5, 0.6) is 0 Å². The van der Waals surface area contributed by atoms with Gasteiger partial charge in [0.25, 0.3) is 10.0 Å². The quantitative estimate of drug-likeness (QED) is 0.619. The van der Waals surface area contributed by atoms with Gasteiger partial charge in [-0.2, -0.15) is 4.31 Å². The Balaban J connectivity index is 1.36. The summed E-state index contributed by atoms with van der Waals surface area (Å²) >= 11 is 1.26. The fourth-order valence-corrected chi connectivity index (χ4v) is 6.73. The Morgan fingerprint density at radius 2 is 1.90 bits per heavy atom. The van der Waals surface area contributed by atoms with Crippen LogP contribution in [0, 0.1) is 11.8 Å². The zero-order chi connectivity index (χ0) is 20.9. The Morgan fingerprint density at radius 3 is 2.52 bits per heavy atom. The molecule has 1 aromatic rings. The lowest BCUT2D eigenvalue weighted by atomic mass is 9.85. The van der Waals surface area contributed by atoms with Crippen LogP contribution in [-0.4, -0.2) is 87.8 Å². The lowest BCUT2D eigenvalue weighted by Crippen LogP contribution is -2.45. The first-order valence-corrected chi connectivity index (χ1v) is 12.9. The van der Waals surface area contributed by atoms with Gasteiger partial charge in [0, 0.05) is 51.7 Å². The maximum Gasteiger partial charge on any atom is 0.252 e. The Labute approximate surface area is 179 Å². The number of rotatable bonds is 8. The van der Waals surface area contributed by atoms with Crippen molar-refractivity contribution in [2.75, 3.05) is 59.4 Å². The fraction of sp³-hybridized carbons (Fsp3) is 0.750. The normalized spacial score (nSPS) is 21.9. The van der Waals surface area contributed by atoms with Crippen LogP contribution < -0.4 is 5.32 Å². The van der Waals surface area contributed by atoms with E-state index in [0.29, 0.717) is 23.8 Å². The zero-order valence-electron chi connectivity index (χ0n) is 17.5. The lowest BCUT2D eigenvalue weighted by Gasteiger charge is -2.33. The molecule has 0 aromatic carbocycles. The highest BCUT2D eigenvalue weighted by Gasteiger charge is 2.33. The van der Waals surface area contributed by atoms with Crippen molar-refractivity contribution < 1.29 is 13.2 Å². The van der Waals surface area contributed by atoms with Crippen molar-refractivity contribution in [1.29, 1.82) is 0 Å². The van der Waals surface area contributed by atoms with E-state index in [9.17, 15) is 13.2 Å². The second-order valence-electron chi connectivity index (χ2n) is 8.25. The van der Waals surface area contributed by atoms with Gasteiger partial charge in [-0.15, -0.1) is 11.3 Å². The molecule has 3 rings (SSSR count). The van der Waals surface area contributed by atoms with E-state index in [1.165, 1.54) is 11.3 Å². The Morgan fingerprint density at radius 1 is 1.21 bits per heavy atom. The molecule has 29 heavy (non-hydrogen) atoms. The summed E-state index contributed by atoms with van der Waals surface area (Å²) in [5, 5.41) is 4.87. The third-order valence-corrected chi connectivity index (χ3v) is 9.53. The van der Waals surface area contributed by atoms with Crippen molar-refractivity contribution in [2.24, 2.45) is 11.8 Å². The molecular weight excluding hydrogens is 408 g/mol. The van der Waals surface area contributed by atoms with E-state index in [-0.39, 0.29) is 17.7 Å². The SMILES string of the molecule is CC(C(=O)NCCCN1CCN(C)CC1)C1CCN(S(=O)(=O)c2cccs2)CC1. The highest BCUT2D eigenvalue weighted by Crippen LogP contribution is 2.29. The number of carbonyl (C=O) groups is 1. The van der Waals surface area contributed by atoms with Crippen molar-refractivity contribution in [1.82, 2.24) is 19.4 Å². The second-order valence-corrected chi connectivity index (χ2v) is 11.4. The highest BCUT2D eigenvalue weighted by molar-refractivity contribution is 7.91. The molecule has 0 spiro atoms. The van der Waals surface area contributed by atoms with Gasteiger partial charge in [0.15, 0.2) is 0 Å². The molecule has 1 aromatic heterocycles. The summed E-state index contributed by atoms with van der Waals surface area (Å²) in [6.45, 7) is 9.14. The van der Waals surface area contributed by atoms with Crippen LogP contribution in [0.3, 0.4) is 0 Å². The van der Waals surface area contributed by atoms with Gasteiger partial charge in [0.1, 0.15) is 4.21 Å². The van der Waals surface area contributed by atoms with Gasteiger partial charge >= 0.3 is 0 Å². The maximum atomic E-state index is 12.6. The molecule has 0 aliphatic carbocycles. The number of hydrogen-bond donors (Lipinski definition) is 1. The molecule has 0 bridgehead atoms. The minimum atomic E-state index is -3.38. The maximum absolute atomic E-state index is 12.6. The number of likely N-dealkylation sites (N-methyl/N-ethyl adjacent to an activating group) is 1.